The highest BCUT2D eigenvalue weighted by atomic mass is 79.9. The smallest absolute Gasteiger partial charge is 0.305 e. The number of fused-ring (bicyclic) bond motifs is 3. The van der Waals surface area contributed by atoms with Crippen LogP contribution in [0.5, 0.6) is 5.75 Å². The Bertz CT molecular complexity index is 1970. The van der Waals surface area contributed by atoms with E-state index in [1.165, 1.54) is 16.7 Å². The number of halogens is 1. The van der Waals surface area contributed by atoms with Crippen LogP contribution in [0.15, 0.2) is 105 Å². The van der Waals surface area contributed by atoms with Crippen LogP contribution in [0.2, 0.25) is 0 Å². The van der Waals surface area contributed by atoms with E-state index in [1.807, 2.05) is 54.6 Å². The molecule has 2 unspecified atom stereocenters. The van der Waals surface area contributed by atoms with E-state index in [4.69, 9.17) is 4.74 Å². The second-order valence-electron chi connectivity index (χ2n) is 10.1. The zero-order valence-electron chi connectivity index (χ0n) is 22.3. The summed E-state index contributed by atoms with van der Waals surface area (Å²) in [5.74, 6) is -2.01. The summed E-state index contributed by atoms with van der Waals surface area (Å²) in [4.78, 5) is 57.7. The molecule has 4 aromatic carbocycles. The summed E-state index contributed by atoms with van der Waals surface area (Å²) in [6.07, 6.45) is 0. The van der Waals surface area contributed by atoms with E-state index in [0.29, 0.717) is 32.6 Å². The number of imide groups is 1. The van der Waals surface area contributed by atoms with E-state index in [2.05, 4.69) is 26.2 Å². The molecule has 0 radical (unpaired) electrons. The number of thiazole rings is 1. The number of thioether (sulfide) groups is 1. The fourth-order valence-electron chi connectivity index (χ4n) is 5.73. The van der Waals surface area contributed by atoms with Gasteiger partial charge in [0, 0.05) is 31.9 Å². The number of aromatic nitrogens is 1. The molecule has 3 amide bonds. The number of benzene rings is 4. The fourth-order valence-corrected chi connectivity index (χ4v) is 8.50. The molecule has 7 rings (SSSR count). The normalized spacial score (nSPS) is 19.3. The molecule has 0 saturated carbocycles. The van der Waals surface area contributed by atoms with Crippen molar-refractivity contribution in [3.63, 3.8) is 0 Å². The summed E-state index contributed by atoms with van der Waals surface area (Å²) in [6, 6.07) is 27.6. The van der Waals surface area contributed by atoms with Crippen LogP contribution in [0.3, 0.4) is 0 Å². The van der Waals surface area contributed by atoms with E-state index in [1.54, 1.807) is 36.4 Å². The summed E-state index contributed by atoms with van der Waals surface area (Å²) in [7, 11) is 0. The number of carbonyl (C=O) groups is 3. The maximum atomic E-state index is 14.0. The van der Waals surface area contributed by atoms with E-state index >= 15 is 0 Å². The monoisotopic (exact) mass is 671 g/mol. The number of nitrogens with zero attached hydrogens (tertiary/aromatic N) is 1. The van der Waals surface area contributed by atoms with Crippen molar-refractivity contribution >= 4 is 78.9 Å². The quantitative estimate of drug-likeness (QED) is 0.209. The number of nitrogens with one attached hydrogen (secondary N) is 2. The van der Waals surface area contributed by atoms with Gasteiger partial charge in [0.1, 0.15) is 11.0 Å². The molecule has 11 heteroatoms. The Morgan fingerprint density at radius 1 is 0.907 bits per heavy atom. The molecule has 3 atom stereocenters. The lowest BCUT2D eigenvalue weighted by atomic mass is 9.82. The molecule has 2 aliphatic heterocycles. The van der Waals surface area contributed by atoms with Gasteiger partial charge in [0.25, 0.3) is 5.91 Å². The standard InChI is InChI=1S/C32H22BrN3O5S2/c33-18-12-14-19(15-13-18)36-30(38)26-25(27-29(35-32(40)43-27)42-28(26)31(36)39)21-9-3-4-11-23(21)41-16-24(37)34-22-10-5-7-17-6-1-2-8-20(17)22/h1-15,25-26,28H,16H2,(H,34,37)(H,35,40)/t25-,26?,28?/m1/s1. The molecule has 2 N–H and O–H groups in total. The van der Waals surface area contributed by atoms with E-state index < -0.39 is 17.1 Å². The number of carbonyl (C=O) groups excluding carboxylic acids is 3. The Hall–Kier alpha value is -4.19. The van der Waals surface area contributed by atoms with Gasteiger partial charge in [-0.2, -0.15) is 0 Å². The van der Waals surface area contributed by atoms with E-state index in [-0.39, 0.29) is 29.2 Å². The van der Waals surface area contributed by atoms with Gasteiger partial charge < -0.3 is 15.0 Å². The molecule has 1 saturated heterocycles. The minimum Gasteiger partial charge on any atom is -0.483 e. The van der Waals surface area contributed by atoms with Gasteiger partial charge in [-0.1, -0.05) is 93.6 Å². The number of aromatic amines is 1. The van der Waals surface area contributed by atoms with Crippen molar-refractivity contribution in [1.29, 1.82) is 0 Å². The van der Waals surface area contributed by atoms with Crippen molar-refractivity contribution in [1.82, 2.24) is 4.98 Å². The number of rotatable bonds is 6. The van der Waals surface area contributed by atoms with Gasteiger partial charge in [0.05, 0.1) is 16.6 Å². The van der Waals surface area contributed by atoms with E-state index in [0.717, 1.165) is 26.6 Å². The zero-order valence-corrected chi connectivity index (χ0v) is 25.5. The Labute approximate surface area is 262 Å². The topological polar surface area (TPSA) is 109 Å². The van der Waals surface area contributed by atoms with Gasteiger partial charge in [-0.25, -0.2) is 4.90 Å². The molecule has 0 spiro atoms. The summed E-state index contributed by atoms with van der Waals surface area (Å²) in [5.41, 5.74) is 1.79. The van der Waals surface area contributed by atoms with Crippen molar-refractivity contribution in [2.75, 3.05) is 16.8 Å². The van der Waals surface area contributed by atoms with Crippen LogP contribution >= 0.6 is 39.0 Å². The average molecular weight is 673 g/mol. The van der Waals surface area contributed by atoms with Crippen LogP contribution in [0.4, 0.5) is 11.4 Å². The van der Waals surface area contributed by atoms with Crippen LogP contribution < -0.4 is 19.8 Å². The highest BCUT2D eigenvalue weighted by Crippen LogP contribution is 2.54. The summed E-state index contributed by atoms with van der Waals surface area (Å²) in [6.45, 7) is -0.274. The zero-order chi connectivity index (χ0) is 29.7. The minimum atomic E-state index is -0.769. The molecule has 0 bridgehead atoms. The first-order chi connectivity index (χ1) is 20.9. The molecule has 214 valence electrons. The number of hydrogen-bond acceptors (Lipinski definition) is 7. The van der Waals surface area contributed by atoms with Crippen LogP contribution in [0.1, 0.15) is 16.4 Å². The van der Waals surface area contributed by atoms with Crippen LogP contribution in [0, 0.1) is 5.92 Å². The predicted octanol–water partition coefficient (Wildman–Crippen LogP) is 6.17. The van der Waals surface area contributed by atoms with Gasteiger partial charge in [0.15, 0.2) is 6.61 Å². The Kier molecular flexibility index (Phi) is 7.16. The third kappa shape index (κ3) is 4.97. The molecule has 1 fully saturated rings. The summed E-state index contributed by atoms with van der Waals surface area (Å²) in [5, 5.41) is 4.69. The highest BCUT2D eigenvalue weighted by Gasteiger charge is 2.56. The van der Waals surface area contributed by atoms with Crippen LogP contribution in [-0.4, -0.2) is 34.6 Å². The molecule has 43 heavy (non-hydrogen) atoms. The van der Waals surface area contributed by atoms with Crippen molar-refractivity contribution in [3.05, 3.63) is 116 Å². The first kappa shape index (κ1) is 27.6. The largest absolute Gasteiger partial charge is 0.483 e. The number of para-hydroxylation sites is 1. The lowest BCUT2D eigenvalue weighted by molar-refractivity contribution is -0.122. The SMILES string of the molecule is O=C(COc1ccccc1[C@H]1c2sc(=O)[nH]c2SC2C(=O)N(c3ccc(Br)cc3)C(=O)C21)Nc1cccc2ccccc12. The number of amides is 3. The first-order valence-corrected chi connectivity index (χ1v) is 15.9. The second kappa shape index (κ2) is 11.1. The Morgan fingerprint density at radius 3 is 2.49 bits per heavy atom. The molecule has 1 aromatic heterocycles. The molecule has 2 aliphatic rings. The number of anilines is 2. The highest BCUT2D eigenvalue weighted by molar-refractivity contribution is 9.10. The van der Waals surface area contributed by atoms with Crippen LogP contribution in [0.25, 0.3) is 10.8 Å². The van der Waals surface area contributed by atoms with Gasteiger partial charge in [0.2, 0.25) is 11.8 Å². The summed E-state index contributed by atoms with van der Waals surface area (Å²) >= 11 is 5.64. The maximum Gasteiger partial charge on any atom is 0.305 e. The van der Waals surface area contributed by atoms with Gasteiger partial charge in [-0.15, -0.1) is 0 Å². The van der Waals surface area contributed by atoms with Crippen molar-refractivity contribution in [3.8, 4) is 5.75 Å². The van der Waals surface area contributed by atoms with Gasteiger partial charge in [-0.05, 0) is 41.8 Å². The first-order valence-electron chi connectivity index (χ1n) is 13.4. The number of H-pyrrole nitrogens is 1. The van der Waals surface area contributed by atoms with Crippen molar-refractivity contribution in [2.24, 2.45) is 5.92 Å². The molecule has 3 heterocycles. The molecule has 8 nitrogen and oxygen atoms in total. The Morgan fingerprint density at radius 2 is 1.65 bits per heavy atom. The van der Waals surface area contributed by atoms with Crippen LogP contribution in [-0.2, 0) is 14.4 Å². The molecule has 0 aliphatic carbocycles. The molecular formula is C32H22BrN3O5S2. The minimum absolute atomic E-state index is 0.264. The van der Waals surface area contributed by atoms with Crippen molar-refractivity contribution in [2.45, 2.75) is 16.2 Å². The predicted molar refractivity (Wildman–Crippen MR) is 171 cm³/mol. The maximum absolute atomic E-state index is 14.0. The molecular weight excluding hydrogens is 650 g/mol. The average Bonchev–Trinajstić information content (AvgIpc) is 3.51. The fraction of sp³-hybridized carbons (Fsp3) is 0.125. The van der Waals surface area contributed by atoms with Gasteiger partial charge in [-0.3, -0.25) is 19.2 Å². The number of hydrogen-bond donors (Lipinski definition) is 2. The molecule has 5 aromatic rings. The lowest BCUT2D eigenvalue weighted by Gasteiger charge is -2.30. The second-order valence-corrected chi connectivity index (χ2v) is 13.2. The van der Waals surface area contributed by atoms with Crippen molar-refractivity contribution < 1.29 is 19.1 Å². The third-order valence-corrected chi connectivity index (χ3v) is 10.5. The Balaban J connectivity index is 1.21. The number of ether oxygens (including phenoxy) is 1. The third-order valence-electron chi connectivity index (χ3n) is 7.59. The van der Waals surface area contributed by atoms with Gasteiger partial charge >= 0.3 is 4.87 Å². The summed E-state index contributed by atoms with van der Waals surface area (Å²) < 4.78 is 6.90. The lowest BCUT2D eigenvalue weighted by Crippen LogP contribution is -2.32. The van der Waals surface area contributed by atoms with E-state index in [9.17, 15) is 19.2 Å².